The minimum absolute atomic E-state index is 0.212. The van der Waals surface area contributed by atoms with Gasteiger partial charge in [-0.1, -0.05) is 15.9 Å². The highest BCUT2D eigenvalue weighted by Gasteiger charge is 2.12. The molecule has 7 nitrogen and oxygen atoms in total. The molecule has 0 saturated heterocycles. The maximum atomic E-state index is 12.7. The lowest BCUT2D eigenvalue weighted by molar-refractivity contribution is 0.102. The molecule has 4 rings (SSSR count). The number of nitrogens with zero attached hydrogens (tertiary/aromatic N) is 5. The number of nitrogens with one attached hydrogen (secondary N) is 1. The van der Waals surface area contributed by atoms with E-state index >= 15 is 0 Å². The molecule has 0 aliphatic carbocycles. The third-order valence-corrected chi connectivity index (χ3v) is 4.26. The Hall–Kier alpha value is -3.26. The molecular weight excluding hydrogens is 396 g/mol. The van der Waals surface area contributed by atoms with E-state index in [9.17, 15) is 4.79 Å². The summed E-state index contributed by atoms with van der Waals surface area (Å²) in [5, 5.41) is 11.2. The Labute approximate surface area is 157 Å². The van der Waals surface area contributed by atoms with Crippen LogP contribution in [0.25, 0.3) is 11.4 Å². The second-order valence-corrected chi connectivity index (χ2v) is 6.37. The van der Waals surface area contributed by atoms with Crippen molar-refractivity contribution in [3.63, 3.8) is 0 Å². The van der Waals surface area contributed by atoms with Crippen LogP contribution in [0.5, 0.6) is 0 Å². The van der Waals surface area contributed by atoms with Crippen molar-refractivity contribution in [1.82, 2.24) is 24.5 Å². The van der Waals surface area contributed by atoms with Gasteiger partial charge in [0.25, 0.3) is 5.91 Å². The first-order valence-corrected chi connectivity index (χ1v) is 8.56. The second-order valence-electron chi connectivity index (χ2n) is 5.45. The summed E-state index contributed by atoms with van der Waals surface area (Å²) >= 11 is 3.43. The fourth-order valence-corrected chi connectivity index (χ4v) is 2.88. The van der Waals surface area contributed by atoms with E-state index in [1.165, 1.54) is 6.33 Å². The summed E-state index contributed by atoms with van der Waals surface area (Å²) in [6, 6.07) is 14.6. The molecular formula is C18H13BrN6O. The molecule has 2 aromatic carbocycles. The van der Waals surface area contributed by atoms with E-state index in [0.29, 0.717) is 11.3 Å². The van der Waals surface area contributed by atoms with Crippen LogP contribution in [-0.4, -0.2) is 30.5 Å². The maximum Gasteiger partial charge on any atom is 0.255 e. The van der Waals surface area contributed by atoms with Gasteiger partial charge in [0.05, 0.1) is 17.1 Å². The average molecular weight is 409 g/mol. The topological polar surface area (TPSA) is 77.6 Å². The Balaban J connectivity index is 1.60. The lowest BCUT2D eigenvalue weighted by atomic mass is 10.2. The lowest BCUT2D eigenvalue weighted by Gasteiger charge is -2.12. The fourth-order valence-electron chi connectivity index (χ4n) is 2.52. The first-order valence-electron chi connectivity index (χ1n) is 7.77. The van der Waals surface area contributed by atoms with Crippen molar-refractivity contribution in [2.45, 2.75) is 0 Å². The molecule has 0 unspecified atom stereocenters. The van der Waals surface area contributed by atoms with Crippen LogP contribution in [0.15, 0.2) is 78.1 Å². The number of hydrogen-bond donors (Lipinski definition) is 1. The summed E-state index contributed by atoms with van der Waals surface area (Å²) in [7, 11) is 0. The molecule has 0 radical (unpaired) electrons. The number of hydrogen-bond acceptors (Lipinski definition) is 4. The predicted molar refractivity (Wildman–Crippen MR) is 101 cm³/mol. The summed E-state index contributed by atoms with van der Waals surface area (Å²) < 4.78 is 4.19. The first-order chi connectivity index (χ1) is 12.7. The summed E-state index contributed by atoms with van der Waals surface area (Å²) in [5.74, 6) is -0.212. The zero-order chi connectivity index (χ0) is 17.9. The number of carbonyl (C=O) groups excluding carboxylic acids is 1. The van der Waals surface area contributed by atoms with Gasteiger partial charge < -0.3 is 5.32 Å². The molecule has 0 aliphatic rings. The van der Waals surface area contributed by atoms with Gasteiger partial charge in [-0.05, 0) is 48.5 Å². The van der Waals surface area contributed by atoms with Crippen molar-refractivity contribution >= 4 is 27.5 Å². The zero-order valence-electron chi connectivity index (χ0n) is 13.5. The fraction of sp³-hybridized carbons (Fsp3) is 0. The van der Waals surface area contributed by atoms with Crippen molar-refractivity contribution in [2.75, 3.05) is 5.32 Å². The lowest BCUT2D eigenvalue weighted by Crippen LogP contribution is -2.14. The Kier molecular flexibility index (Phi) is 4.32. The number of rotatable bonds is 4. The molecule has 26 heavy (non-hydrogen) atoms. The number of anilines is 1. The monoisotopic (exact) mass is 408 g/mol. The quantitative estimate of drug-likeness (QED) is 0.560. The van der Waals surface area contributed by atoms with Gasteiger partial charge in [0, 0.05) is 22.4 Å². The van der Waals surface area contributed by atoms with E-state index in [2.05, 4.69) is 36.4 Å². The van der Waals surface area contributed by atoms with Gasteiger partial charge >= 0.3 is 0 Å². The zero-order valence-corrected chi connectivity index (χ0v) is 15.0. The van der Waals surface area contributed by atoms with E-state index in [-0.39, 0.29) is 5.91 Å². The summed E-state index contributed by atoms with van der Waals surface area (Å²) in [6.07, 6.45) is 6.58. The SMILES string of the molecule is O=C(Nc1cc(Br)ccc1-n1cncn1)c1ccc(-n2cccn2)cc1. The largest absolute Gasteiger partial charge is 0.320 e. The van der Waals surface area contributed by atoms with Gasteiger partial charge in [-0.2, -0.15) is 10.2 Å². The maximum absolute atomic E-state index is 12.7. The molecule has 0 atom stereocenters. The summed E-state index contributed by atoms with van der Waals surface area (Å²) in [5.41, 5.74) is 2.79. The van der Waals surface area contributed by atoms with Crippen LogP contribution < -0.4 is 5.32 Å². The number of halogens is 1. The highest BCUT2D eigenvalue weighted by atomic mass is 79.9. The highest BCUT2D eigenvalue weighted by Crippen LogP contribution is 2.25. The third-order valence-electron chi connectivity index (χ3n) is 3.77. The number of aromatic nitrogens is 5. The highest BCUT2D eigenvalue weighted by molar-refractivity contribution is 9.10. The van der Waals surface area contributed by atoms with Crippen molar-refractivity contribution in [3.05, 3.63) is 83.6 Å². The molecule has 2 aromatic heterocycles. The molecule has 1 amide bonds. The van der Waals surface area contributed by atoms with Gasteiger partial charge in [-0.15, -0.1) is 0 Å². The van der Waals surface area contributed by atoms with Gasteiger partial charge in [0.1, 0.15) is 12.7 Å². The van der Waals surface area contributed by atoms with Crippen LogP contribution in [0.1, 0.15) is 10.4 Å². The van der Waals surface area contributed by atoms with Gasteiger partial charge in [-0.3, -0.25) is 4.79 Å². The Morgan fingerprint density at radius 3 is 2.58 bits per heavy atom. The average Bonchev–Trinajstić information content (AvgIpc) is 3.36. The predicted octanol–water partition coefficient (Wildman–Crippen LogP) is 3.47. The molecule has 0 fully saturated rings. The van der Waals surface area contributed by atoms with Crippen LogP contribution in [-0.2, 0) is 0 Å². The Morgan fingerprint density at radius 1 is 1.04 bits per heavy atom. The number of benzene rings is 2. The normalized spacial score (nSPS) is 10.7. The van der Waals surface area contributed by atoms with Crippen LogP contribution >= 0.6 is 15.9 Å². The van der Waals surface area contributed by atoms with Crippen LogP contribution in [0.4, 0.5) is 5.69 Å². The van der Waals surface area contributed by atoms with E-state index < -0.39 is 0 Å². The molecule has 0 saturated carbocycles. The number of carbonyl (C=O) groups is 1. The van der Waals surface area contributed by atoms with Crippen LogP contribution in [0.2, 0.25) is 0 Å². The van der Waals surface area contributed by atoms with Gasteiger partial charge in [0.15, 0.2) is 0 Å². The van der Waals surface area contributed by atoms with Crippen molar-refractivity contribution in [3.8, 4) is 11.4 Å². The standard InChI is InChI=1S/C18H13BrN6O/c19-14-4-7-17(25-12-20-11-22-25)16(10-14)23-18(26)13-2-5-15(6-3-13)24-9-1-8-21-24/h1-12H,(H,23,26). The minimum Gasteiger partial charge on any atom is -0.320 e. The molecule has 128 valence electrons. The molecule has 8 heteroatoms. The smallest absolute Gasteiger partial charge is 0.255 e. The summed E-state index contributed by atoms with van der Waals surface area (Å²) in [6.45, 7) is 0. The van der Waals surface area contributed by atoms with Crippen molar-refractivity contribution in [1.29, 1.82) is 0 Å². The molecule has 2 heterocycles. The van der Waals surface area contributed by atoms with E-state index in [0.717, 1.165) is 15.8 Å². The van der Waals surface area contributed by atoms with E-state index in [1.807, 2.05) is 42.6 Å². The molecule has 0 spiro atoms. The molecule has 0 aliphatic heterocycles. The van der Waals surface area contributed by atoms with Gasteiger partial charge in [0.2, 0.25) is 0 Å². The number of amides is 1. The Morgan fingerprint density at radius 2 is 1.88 bits per heavy atom. The molecule has 4 aromatic rings. The van der Waals surface area contributed by atoms with E-state index in [4.69, 9.17) is 0 Å². The molecule has 0 bridgehead atoms. The second kappa shape index (κ2) is 6.93. The van der Waals surface area contributed by atoms with Gasteiger partial charge in [-0.25, -0.2) is 14.3 Å². The Bertz CT molecular complexity index is 1030. The van der Waals surface area contributed by atoms with Crippen molar-refractivity contribution in [2.24, 2.45) is 0 Å². The first kappa shape index (κ1) is 16.2. The minimum atomic E-state index is -0.212. The van der Waals surface area contributed by atoms with E-state index in [1.54, 1.807) is 34.0 Å². The third kappa shape index (κ3) is 3.27. The molecule has 1 N–H and O–H groups in total. The van der Waals surface area contributed by atoms with Crippen LogP contribution in [0, 0.1) is 0 Å². The van der Waals surface area contributed by atoms with Crippen LogP contribution in [0.3, 0.4) is 0 Å². The van der Waals surface area contributed by atoms with Crippen molar-refractivity contribution < 1.29 is 4.79 Å². The summed E-state index contributed by atoms with van der Waals surface area (Å²) in [4.78, 5) is 16.6.